The fourth-order valence-corrected chi connectivity index (χ4v) is 5.64. The van der Waals surface area contributed by atoms with Crippen molar-refractivity contribution in [2.75, 3.05) is 24.5 Å². The average molecular weight is 473 g/mol. The van der Waals surface area contributed by atoms with Crippen molar-refractivity contribution in [2.45, 2.75) is 27.2 Å². The number of hydrogen-bond donors (Lipinski definition) is 1. The van der Waals surface area contributed by atoms with Crippen LogP contribution in [0.1, 0.15) is 31.4 Å². The molecule has 0 unspecified atom stereocenters. The van der Waals surface area contributed by atoms with Crippen molar-refractivity contribution in [1.29, 1.82) is 0 Å². The third-order valence-electron chi connectivity index (χ3n) is 5.67. The minimum absolute atomic E-state index is 0.162. The number of aliphatic carboxylic acids is 1. The van der Waals surface area contributed by atoms with Crippen LogP contribution in [0.25, 0.3) is 11.7 Å². The van der Waals surface area contributed by atoms with Crippen LogP contribution in [0.4, 0.5) is 5.82 Å². The molecule has 0 saturated carbocycles. The third-order valence-corrected chi connectivity index (χ3v) is 7.05. The van der Waals surface area contributed by atoms with Gasteiger partial charge in [-0.05, 0) is 42.9 Å². The number of carboxylic acid groups (broad SMARTS) is 1. The molecule has 168 valence electrons. The van der Waals surface area contributed by atoms with Gasteiger partial charge in [0.1, 0.15) is 22.3 Å². The van der Waals surface area contributed by atoms with E-state index in [1.54, 1.807) is 12.3 Å². The van der Waals surface area contributed by atoms with Crippen molar-refractivity contribution in [1.82, 2.24) is 14.3 Å². The molecule has 2 aliphatic rings. The number of pyridine rings is 1. The standard InChI is InChI=1S/C22H24N4O4S2/c1-12-7-13(2)10-24(9-12)19-15(20(29)25-6-4-5-14(3)18(25)23-19)8-16-21(30)26(11-17(27)28)22(31)32-16/h4-6,8,12-13H,7,9-11H2,1-3H3,(H,27,28)/b16-8+/t12-,13-/m1/s1. The first-order valence-electron chi connectivity index (χ1n) is 10.4. The van der Waals surface area contributed by atoms with Gasteiger partial charge in [-0.15, -0.1) is 0 Å². The van der Waals surface area contributed by atoms with Crippen LogP contribution in [-0.4, -0.2) is 55.2 Å². The largest absolute Gasteiger partial charge is 0.480 e. The topological polar surface area (TPSA) is 95.2 Å². The molecule has 1 amide bonds. The summed E-state index contributed by atoms with van der Waals surface area (Å²) in [6.45, 7) is 7.28. The summed E-state index contributed by atoms with van der Waals surface area (Å²) >= 11 is 6.20. The molecular formula is C22H24N4O4S2. The molecule has 1 N–H and O–H groups in total. The monoisotopic (exact) mass is 472 g/mol. The number of fused-ring (bicyclic) bond motifs is 1. The predicted octanol–water partition coefficient (Wildman–Crippen LogP) is 2.77. The summed E-state index contributed by atoms with van der Waals surface area (Å²) in [5.74, 6) is -0.230. The number of carboxylic acids is 1. The van der Waals surface area contributed by atoms with Gasteiger partial charge in [0.05, 0.1) is 10.5 Å². The first kappa shape index (κ1) is 22.5. The van der Waals surface area contributed by atoms with E-state index < -0.39 is 18.4 Å². The van der Waals surface area contributed by atoms with Crippen LogP contribution in [0.15, 0.2) is 28.0 Å². The first-order valence-corrected chi connectivity index (χ1v) is 11.6. The van der Waals surface area contributed by atoms with Gasteiger partial charge < -0.3 is 10.0 Å². The number of anilines is 1. The van der Waals surface area contributed by atoms with Crippen LogP contribution in [0, 0.1) is 18.8 Å². The summed E-state index contributed by atoms with van der Waals surface area (Å²) in [6.07, 6.45) is 4.28. The molecule has 4 heterocycles. The van der Waals surface area contributed by atoms with Crippen molar-refractivity contribution in [3.05, 3.63) is 44.7 Å². The van der Waals surface area contributed by atoms with E-state index in [1.165, 1.54) is 10.5 Å². The summed E-state index contributed by atoms with van der Waals surface area (Å²) in [5.41, 5.74) is 1.49. The Labute approximate surface area is 194 Å². The van der Waals surface area contributed by atoms with Gasteiger partial charge in [-0.1, -0.05) is 43.9 Å². The van der Waals surface area contributed by atoms with Gasteiger partial charge >= 0.3 is 5.97 Å². The smallest absolute Gasteiger partial charge is 0.323 e. The molecular weight excluding hydrogens is 448 g/mol. The number of thiocarbonyl (C=S) groups is 1. The molecule has 0 aromatic carbocycles. The van der Waals surface area contributed by atoms with Gasteiger partial charge in [0, 0.05) is 19.3 Å². The van der Waals surface area contributed by atoms with Crippen LogP contribution in [0.2, 0.25) is 0 Å². The molecule has 2 aromatic heterocycles. The van der Waals surface area contributed by atoms with Gasteiger partial charge in [-0.2, -0.15) is 0 Å². The SMILES string of the molecule is Cc1cccn2c(=O)c(/C=C3/SC(=S)N(CC(=O)O)C3=O)c(N3C[C@H](C)C[C@@H](C)C3)nc12. The van der Waals surface area contributed by atoms with Gasteiger partial charge in [0.15, 0.2) is 0 Å². The molecule has 10 heteroatoms. The molecule has 32 heavy (non-hydrogen) atoms. The molecule has 2 aliphatic heterocycles. The Morgan fingerprint density at radius 3 is 2.66 bits per heavy atom. The van der Waals surface area contributed by atoms with E-state index in [9.17, 15) is 14.4 Å². The molecule has 0 bridgehead atoms. The van der Waals surface area contributed by atoms with E-state index in [4.69, 9.17) is 22.3 Å². The highest BCUT2D eigenvalue weighted by Gasteiger charge is 2.34. The molecule has 8 nitrogen and oxygen atoms in total. The number of carbonyl (C=O) groups excluding carboxylic acids is 1. The van der Waals surface area contributed by atoms with Gasteiger partial charge in [-0.3, -0.25) is 23.7 Å². The maximum atomic E-state index is 13.5. The first-order chi connectivity index (χ1) is 15.2. The molecule has 0 spiro atoms. The zero-order valence-electron chi connectivity index (χ0n) is 18.1. The molecule has 4 rings (SSSR count). The van der Waals surface area contributed by atoms with Crippen LogP contribution < -0.4 is 10.5 Å². The molecule has 2 fully saturated rings. The lowest BCUT2D eigenvalue weighted by atomic mass is 9.91. The Bertz CT molecular complexity index is 1210. The highest BCUT2D eigenvalue weighted by atomic mass is 32.2. The van der Waals surface area contributed by atoms with E-state index in [0.717, 1.165) is 41.7 Å². The number of carbonyl (C=O) groups is 2. The van der Waals surface area contributed by atoms with E-state index in [1.807, 2.05) is 13.0 Å². The molecule has 2 aromatic rings. The van der Waals surface area contributed by atoms with E-state index in [2.05, 4.69) is 18.7 Å². The number of rotatable bonds is 4. The number of nitrogens with zero attached hydrogens (tertiary/aromatic N) is 4. The van der Waals surface area contributed by atoms with Crippen molar-refractivity contribution in [3.63, 3.8) is 0 Å². The highest BCUT2D eigenvalue weighted by Crippen LogP contribution is 2.34. The molecule has 2 saturated heterocycles. The van der Waals surface area contributed by atoms with Crippen LogP contribution in [-0.2, 0) is 9.59 Å². The third kappa shape index (κ3) is 4.16. The van der Waals surface area contributed by atoms with Crippen molar-refractivity contribution in [3.8, 4) is 0 Å². The molecule has 0 aliphatic carbocycles. The number of hydrogen-bond acceptors (Lipinski definition) is 7. The maximum Gasteiger partial charge on any atom is 0.323 e. The predicted molar refractivity (Wildman–Crippen MR) is 129 cm³/mol. The van der Waals surface area contributed by atoms with E-state index >= 15 is 0 Å². The summed E-state index contributed by atoms with van der Waals surface area (Å²) in [7, 11) is 0. The lowest BCUT2D eigenvalue weighted by molar-refractivity contribution is -0.140. The van der Waals surface area contributed by atoms with Gasteiger partial charge in [0.2, 0.25) is 0 Å². The number of amides is 1. The number of aromatic nitrogens is 2. The highest BCUT2D eigenvalue weighted by molar-refractivity contribution is 8.26. The lowest BCUT2D eigenvalue weighted by Gasteiger charge is -2.36. The summed E-state index contributed by atoms with van der Waals surface area (Å²) < 4.78 is 1.65. The summed E-state index contributed by atoms with van der Waals surface area (Å²) in [4.78, 5) is 45.7. The van der Waals surface area contributed by atoms with E-state index in [-0.39, 0.29) is 14.8 Å². The second kappa shape index (κ2) is 8.67. The van der Waals surface area contributed by atoms with Crippen molar-refractivity contribution < 1.29 is 14.7 Å². The van der Waals surface area contributed by atoms with Gasteiger partial charge in [-0.25, -0.2) is 4.98 Å². The van der Waals surface area contributed by atoms with Gasteiger partial charge in [0.25, 0.3) is 11.5 Å². The number of thioether (sulfide) groups is 1. The number of piperidine rings is 1. The average Bonchev–Trinajstić information content (AvgIpc) is 2.96. The molecule has 2 atom stereocenters. The lowest BCUT2D eigenvalue weighted by Crippen LogP contribution is -2.40. The van der Waals surface area contributed by atoms with Crippen LogP contribution >= 0.6 is 24.0 Å². The minimum atomic E-state index is -1.15. The van der Waals surface area contributed by atoms with Crippen molar-refractivity contribution >= 4 is 57.7 Å². The fourth-order valence-electron chi connectivity index (χ4n) is 4.41. The van der Waals surface area contributed by atoms with Crippen LogP contribution in [0.5, 0.6) is 0 Å². The summed E-state index contributed by atoms with van der Waals surface area (Å²) in [6, 6.07) is 3.69. The van der Waals surface area contributed by atoms with E-state index in [0.29, 0.717) is 28.9 Å². The molecule has 0 radical (unpaired) electrons. The second-order valence-corrected chi connectivity index (χ2v) is 10.2. The normalized spacial score (nSPS) is 22.9. The quantitative estimate of drug-likeness (QED) is 0.536. The zero-order valence-corrected chi connectivity index (χ0v) is 19.7. The minimum Gasteiger partial charge on any atom is -0.480 e. The number of aryl methyl sites for hydroxylation is 1. The Hall–Kier alpha value is -2.72. The second-order valence-electron chi connectivity index (χ2n) is 8.55. The Morgan fingerprint density at radius 1 is 1.31 bits per heavy atom. The van der Waals surface area contributed by atoms with Crippen molar-refractivity contribution in [2.24, 2.45) is 11.8 Å². The zero-order chi connectivity index (χ0) is 23.2. The van der Waals surface area contributed by atoms with Crippen LogP contribution in [0.3, 0.4) is 0 Å². The Morgan fingerprint density at radius 2 is 2.00 bits per heavy atom. The summed E-state index contributed by atoms with van der Waals surface area (Å²) in [5, 5.41) is 9.09. The Balaban J connectivity index is 1.88. The fraction of sp³-hybridized carbons (Fsp3) is 0.409. The maximum absolute atomic E-state index is 13.5. The Kier molecular flexibility index (Phi) is 6.09.